The minimum absolute atomic E-state index is 0.107. The second-order valence-electron chi connectivity index (χ2n) is 3.31. The van der Waals surface area contributed by atoms with Crippen molar-refractivity contribution in [3.63, 3.8) is 0 Å². The van der Waals surface area contributed by atoms with E-state index in [9.17, 15) is 0 Å². The van der Waals surface area contributed by atoms with Gasteiger partial charge in [0, 0.05) is 22.7 Å². The van der Waals surface area contributed by atoms with Gasteiger partial charge in [0.2, 0.25) is 0 Å². The molecule has 0 aliphatic carbocycles. The lowest BCUT2D eigenvalue weighted by Crippen LogP contribution is -2.18. The molecule has 1 aliphatic rings. The summed E-state index contributed by atoms with van der Waals surface area (Å²) in [4.78, 5) is 0. The van der Waals surface area contributed by atoms with Gasteiger partial charge in [-0.3, -0.25) is 0 Å². The predicted octanol–water partition coefficient (Wildman–Crippen LogP) is 2.13. The van der Waals surface area contributed by atoms with Gasteiger partial charge in [-0.05, 0) is 13.0 Å². The van der Waals surface area contributed by atoms with Gasteiger partial charge in [-0.1, -0.05) is 11.6 Å². The van der Waals surface area contributed by atoms with E-state index in [1.165, 1.54) is 0 Å². The molecule has 0 saturated heterocycles. The van der Waals surface area contributed by atoms with Crippen molar-refractivity contribution in [3.8, 4) is 11.5 Å². The van der Waals surface area contributed by atoms with Crippen LogP contribution in [-0.4, -0.2) is 13.2 Å². The highest BCUT2D eigenvalue weighted by Gasteiger charge is 2.18. The SMILES string of the molecule is CC(N)c1cc(Cl)cc2c1OCCO2. The van der Waals surface area contributed by atoms with Crippen LogP contribution in [0.15, 0.2) is 12.1 Å². The third kappa shape index (κ3) is 1.65. The number of hydrogen-bond acceptors (Lipinski definition) is 3. The average Bonchev–Trinajstić information content (AvgIpc) is 2.16. The monoisotopic (exact) mass is 213 g/mol. The Kier molecular flexibility index (Phi) is 2.52. The van der Waals surface area contributed by atoms with Crippen molar-refractivity contribution < 1.29 is 9.47 Å². The molecule has 4 heteroatoms. The first-order chi connectivity index (χ1) is 6.68. The van der Waals surface area contributed by atoms with E-state index in [2.05, 4.69) is 0 Å². The van der Waals surface area contributed by atoms with Crippen LogP contribution in [0.2, 0.25) is 5.02 Å². The third-order valence-corrected chi connectivity index (χ3v) is 2.34. The van der Waals surface area contributed by atoms with Crippen molar-refractivity contribution in [2.24, 2.45) is 5.73 Å². The molecule has 2 rings (SSSR count). The Bertz CT molecular complexity index is 352. The van der Waals surface area contributed by atoms with E-state index in [0.717, 1.165) is 11.3 Å². The molecule has 1 heterocycles. The quantitative estimate of drug-likeness (QED) is 0.777. The minimum atomic E-state index is -0.107. The molecule has 1 atom stereocenters. The van der Waals surface area contributed by atoms with E-state index in [4.69, 9.17) is 26.8 Å². The van der Waals surface area contributed by atoms with Gasteiger partial charge in [-0.2, -0.15) is 0 Å². The second-order valence-corrected chi connectivity index (χ2v) is 3.74. The summed E-state index contributed by atoms with van der Waals surface area (Å²) < 4.78 is 10.9. The standard InChI is InChI=1S/C10H12ClNO2/c1-6(12)8-4-7(11)5-9-10(8)14-3-2-13-9/h4-6H,2-3,12H2,1H3. The lowest BCUT2D eigenvalue weighted by Gasteiger charge is -2.22. The van der Waals surface area contributed by atoms with E-state index < -0.39 is 0 Å². The van der Waals surface area contributed by atoms with E-state index in [1.807, 2.05) is 13.0 Å². The molecule has 0 radical (unpaired) electrons. The highest BCUT2D eigenvalue weighted by atomic mass is 35.5. The van der Waals surface area contributed by atoms with Crippen LogP contribution in [-0.2, 0) is 0 Å². The number of nitrogens with two attached hydrogens (primary N) is 1. The van der Waals surface area contributed by atoms with Gasteiger partial charge in [0.1, 0.15) is 13.2 Å². The van der Waals surface area contributed by atoms with E-state index in [1.54, 1.807) is 6.07 Å². The summed E-state index contributed by atoms with van der Waals surface area (Å²) in [5.74, 6) is 1.42. The van der Waals surface area contributed by atoms with Crippen molar-refractivity contribution >= 4 is 11.6 Å². The van der Waals surface area contributed by atoms with Crippen molar-refractivity contribution in [3.05, 3.63) is 22.7 Å². The van der Waals surface area contributed by atoms with Gasteiger partial charge in [-0.15, -0.1) is 0 Å². The Balaban J connectivity index is 2.52. The van der Waals surface area contributed by atoms with Gasteiger partial charge < -0.3 is 15.2 Å². The average molecular weight is 214 g/mol. The summed E-state index contributed by atoms with van der Waals surface area (Å²) in [6.07, 6.45) is 0. The van der Waals surface area contributed by atoms with Gasteiger partial charge in [0.15, 0.2) is 11.5 Å². The fraction of sp³-hybridized carbons (Fsp3) is 0.400. The number of fused-ring (bicyclic) bond motifs is 1. The minimum Gasteiger partial charge on any atom is -0.486 e. The van der Waals surface area contributed by atoms with Crippen LogP contribution in [0.1, 0.15) is 18.5 Å². The molecule has 2 N–H and O–H groups in total. The summed E-state index contributed by atoms with van der Waals surface area (Å²) in [6.45, 7) is 3.02. The largest absolute Gasteiger partial charge is 0.486 e. The van der Waals surface area contributed by atoms with Crippen molar-refractivity contribution in [1.29, 1.82) is 0 Å². The maximum absolute atomic E-state index is 5.93. The van der Waals surface area contributed by atoms with Gasteiger partial charge >= 0.3 is 0 Å². The third-order valence-electron chi connectivity index (χ3n) is 2.13. The summed E-state index contributed by atoms with van der Waals surface area (Å²) in [5, 5.41) is 0.626. The summed E-state index contributed by atoms with van der Waals surface area (Å²) in [6, 6.07) is 3.46. The second kappa shape index (κ2) is 3.67. The van der Waals surface area contributed by atoms with Crippen molar-refractivity contribution in [2.75, 3.05) is 13.2 Å². The molecule has 0 bridgehead atoms. The number of benzene rings is 1. The fourth-order valence-electron chi connectivity index (χ4n) is 1.48. The van der Waals surface area contributed by atoms with Crippen LogP contribution in [0, 0.1) is 0 Å². The Morgan fingerprint density at radius 2 is 2.07 bits per heavy atom. The normalized spacial score (nSPS) is 16.5. The molecule has 0 aromatic heterocycles. The lowest BCUT2D eigenvalue weighted by atomic mass is 10.1. The molecular formula is C10H12ClNO2. The molecule has 1 unspecified atom stereocenters. The number of ether oxygens (including phenoxy) is 2. The van der Waals surface area contributed by atoms with Crippen LogP contribution in [0.3, 0.4) is 0 Å². The first-order valence-electron chi connectivity index (χ1n) is 4.53. The summed E-state index contributed by atoms with van der Waals surface area (Å²) in [5.41, 5.74) is 6.71. The molecule has 1 aromatic rings. The highest BCUT2D eigenvalue weighted by molar-refractivity contribution is 6.30. The molecule has 0 spiro atoms. The number of rotatable bonds is 1. The molecule has 0 fully saturated rings. The topological polar surface area (TPSA) is 44.5 Å². The highest BCUT2D eigenvalue weighted by Crippen LogP contribution is 2.38. The molecule has 1 aromatic carbocycles. The van der Waals surface area contributed by atoms with Gasteiger partial charge in [0.05, 0.1) is 0 Å². The van der Waals surface area contributed by atoms with E-state index in [-0.39, 0.29) is 6.04 Å². The lowest BCUT2D eigenvalue weighted by molar-refractivity contribution is 0.169. The zero-order valence-corrected chi connectivity index (χ0v) is 8.67. The number of halogens is 1. The predicted molar refractivity (Wildman–Crippen MR) is 55.0 cm³/mol. The Morgan fingerprint density at radius 1 is 1.36 bits per heavy atom. The fourth-order valence-corrected chi connectivity index (χ4v) is 1.70. The maximum Gasteiger partial charge on any atom is 0.166 e. The first-order valence-corrected chi connectivity index (χ1v) is 4.91. The van der Waals surface area contributed by atoms with Gasteiger partial charge in [0.25, 0.3) is 0 Å². The summed E-state index contributed by atoms with van der Waals surface area (Å²) in [7, 11) is 0. The Hall–Kier alpha value is -0.930. The van der Waals surface area contributed by atoms with Crippen molar-refractivity contribution in [1.82, 2.24) is 0 Å². The molecule has 0 amide bonds. The smallest absolute Gasteiger partial charge is 0.166 e. The molecular weight excluding hydrogens is 202 g/mol. The first kappa shape index (κ1) is 9.62. The Morgan fingerprint density at radius 3 is 2.79 bits per heavy atom. The Labute approximate surface area is 87.8 Å². The van der Waals surface area contributed by atoms with E-state index in [0.29, 0.717) is 24.0 Å². The van der Waals surface area contributed by atoms with Crippen LogP contribution < -0.4 is 15.2 Å². The molecule has 1 aliphatic heterocycles. The van der Waals surface area contributed by atoms with Gasteiger partial charge in [-0.25, -0.2) is 0 Å². The molecule has 76 valence electrons. The van der Waals surface area contributed by atoms with Crippen LogP contribution in [0.4, 0.5) is 0 Å². The van der Waals surface area contributed by atoms with Crippen LogP contribution in [0.5, 0.6) is 11.5 Å². The van der Waals surface area contributed by atoms with Crippen LogP contribution >= 0.6 is 11.6 Å². The molecule has 3 nitrogen and oxygen atoms in total. The van der Waals surface area contributed by atoms with Crippen molar-refractivity contribution in [2.45, 2.75) is 13.0 Å². The molecule has 0 saturated carbocycles. The van der Waals surface area contributed by atoms with E-state index >= 15 is 0 Å². The maximum atomic E-state index is 5.93. The zero-order valence-electron chi connectivity index (χ0n) is 7.92. The van der Waals surface area contributed by atoms with Crippen LogP contribution in [0.25, 0.3) is 0 Å². The summed E-state index contributed by atoms with van der Waals surface area (Å²) >= 11 is 5.93. The molecule has 14 heavy (non-hydrogen) atoms. The zero-order chi connectivity index (χ0) is 10.1. The number of hydrogen-bond donors (Lipinski definition) is 1.